The van der Waals surface area contributed by atoms with E-state index >= 15 is 0 Å². The number of nitrogens with two attached hydrogens (primary N) is 1. The van der Waals surface area contributed by atoms with Crippen molar-refractivity contribution >= 4 is 5.91 Å². The monoisotopic (exact) mass is 308 g/mol. The van der Waals surface area contributed by atoms with Gasteiger partial charge in [-0.2, -0.15) is 0 Å². The smallest absolute Gasteiger partial charge is 0.222 e. The molecule has 2 aromatic carbocycles. The predicted molar refractivity (Wildman–Crippen MR) is 92.7 cm³/mol. The maximum atomic E-state index is 12.5. The van der Waals surface area contributed by atoms with Crippen molar-refractivity contribution in [3.8, 4) is 0 Å². The normalized spacial score (nSPS) is 17.1. The van der Waals surface area contributed by atoms with Gasteiger partial charge in [0.05, 0.1) is 6.04 Å². The highest BCUT2D eigenvalue weighted by molar-refractivity contribution is 5.77. The molecule has 3 nitrogen and oxygen atoms in total. The minimum atomic E-state index is -0.256. The van der Waals surface area contributed by atoms with Gasteiger partial charge in [0, 0.05) is 12.5 Å². The molecule has 120 valence electrons. The highest BCUT2D eigenvalue weighted by Crippen LogP contribution is 2.37. The Balaban J connectivity index is 1.64. The van der Waals surface area contributed by atoms with Gasteiger partial charge in [-0.15, -0.1) is 0 Å². The third-order valence-electron chi connectivity index (χ3n) is 4.73. The van der Waals surface area contributed by atoms with Gasteiger partial charge >= 0.3 is 0 Å². The summed E-state index contributed by atoms with van der Waals surface area (Å²) >= 11 is 0. The number of rotatable bonds is 6. The van der Waals surface area contributed by atoms with E-state index in [2.05, 4.69) is 17.4 Å². The molecule has 0 saturated heterocycles. The quantitative estimate of drug-likeness (QED) is 0.854. The third kappa shape index (κ3) is 3.99. The lowest BCUT2D eigenvalue weighted by Gasteiger charge is -2.35. The first-order valence-electron chi connectivity index (χ1n) is 8.39. The zero-order chi connectivity index (χ0) is 16.1. The molecule has 0 heterocycles. The number of hydrogen-bond acceptors (Lipinski definition) is 2. The highest BCUT2D eigenvalue weighted by Gasteiger charge is 2.29. The Hall–Kier alpha value is -2.13. The molecular formula is C20H24N2O. The third-order valence-corrected chi connectivity index (χ3v) is 4.73. The molecule has 2 unspecified atom stereocenters. The fourth-order valence-corrected chi connectivity index (χ4v) is 3.16. The lowest BCUT2D eigenvalue weighted by Crippen LogP contribution is -2.37. The Morgan fingerprint density at radius 2 is 1.57 bits per heavy atom. The van der Waals surface area contributed by atoms with E-state index in [1.165, 1.54) is 24.8 Å². The second-order valence-electron chi connectivity index (χ2n) is 6.37. The first-order valence-corrected chi connectivity index (χ1v) is 8.39. The van der Waals surface area contributed by atoms with Crippen LogP contribution >= 0.6 is 0 Å². The number of hydrogen-bond donors (Lipinski definition) is 2. The molecule has 2 aromatic rings. The molecule has 2 atom stereocenters. The number of amides is 1. The maximum Gasteiger partial charge on any atom is 0.222 e. The van der Waals surface area contributed by atoms with Gasteiger partial charge in [-0.1, -0.05) is 67.1 Å². The number of carbonyl (C=O) groups excluding carboxylic acids is 1. The standard InChI is InChI=1S/C20H24N2O/c21-18(15-8-3-1-4-9-15)14-19(23)22-20(17-12-7-13-17)16-10-5-2-6-11-16/h1-6,8-11,17-18,20H,7,12-14,21H2,(H,22,23). The van der Waals surface area contributed by atoms with Crippen LogP contribution in [-0.4, -0.2) is 5.91 Å². The van der Waals surface area contributed by atoms with Crippen molar-refractivity contribution in [2.24, 2.45) is 11.7 Å². The lowest BCUT2D eigenvalue weighted by atomic mass is 9.77. The fraction of sp³-hybridized carbons (Fsp3) is 0.350. The van der Waals surface area contributed by atoms with Gasteiger partial charge < -0.3 is 11.1 Å². The van der Waals surface area contributed by atoms with Crippen LogP contribution in [0, 0.1) is 5.92 Å². The molecule has 0 aliphatic heterocycles. The topological polar surface area (TPSA) is 55.1 Å². The van der Waals surface area contributed by atoms with Crippen LogP contribution in [0.15, 0.2) is 60.7 Å². The summed E-state index contributed by atoms with van der Waals surface area (Å²) in [7, 11) is 0. The molecule has 1 aliphatic carbocycles. The first-order chi connectivity index (χ1) is 11.2. The highest BCUT2D eigenvalue weighted by atomic mass is 16.1. The minimum Gasteiger partial charge on any atom is -0.349 e. The summed E-state index contributed by atoms with van der Waals surface area (Å²) in [5, 5.41) is 3.22. The van der Waals surface area contributed by atoms with Crippen molar-refractivity contribution in [1.29, 1.82) is 0 Å². The lowest BCUT2D eigenvalue weighted by molar-refractivity contribution is -0.122. The molecule has 3 heteroatoms. The summed E-state index contributed by atoms with van der Waals surface area (Å²) in [6, 6.07) is 19.9. The van der Waals surface area contributed by atoms with Crippen LogP contribution in [0.3, 0.4) is 0 Å². The van der Waals surface area contributed by atoms with Gasteiger partial charge in [-0.05, 0) is 29.9 Å². The van der Waals surface area contributed by atoms with Crippen molar-refractivity contribution in [2.45, 2.75) is 37.8 Å². The Morgan fingerprint density at radius 1 is 1.00 bits per heavy atom. The van der Waals surface area contributed by atoms with Crippen LogP contribution in [-0.2, 0) is 4.79 Å². The molecule has 1 saturated carbocycles. The second kappa shape index (κ2) is 7.42. The van der Waals surface area contributed by atoms with Crippen LogP contribution < -0.4 is 11.1 Å². The van der Waals surface area contributed by atoms with Crippen molar-refractivity contribution in [3.63, 3.8) is 0 Å². The number of benzene rings is 2. The molecular weight excluding hydrogens is 284 g/mol. The first kappa shape index (κ1) is 15.8. The Bertz CT molecular complexity index is 623. The average molecular weight is 308 g/mol. The largest absolute Gasteiger partial charge is 0.349 e. The fourth-order valence-electron chi connectivity index (χ4n) is 3.16. The van der Waals surface area contributed by atoms with E-state index in [0.717, 1.165) is 5.56 Å². The van der Waals surface area contributed by atoms with E-state index in [4.69, 9.17) is 5.73 Å². The SMILES string of the molecule is NC(CC(=O)NC(c1ccccc1)C1CCC1)c1ccccc1. The molecule has 1 fully saturated rings. The molecule has 23 heavy (non-hydrogen) atoms. The van der Waals surface area contributed by atoms with Gasteiger partial charge in [-0.3, -0.25) is 4.79 Å². The van der Waals surface area contributed by atoms with Crippen molar-refractivity contribution in [3.05, 3.63) is 71.8 Å². The summed E-state index contributed by atoms with van der Waals surface area (Å²) < 4.78 is 0. The van der Waals surface area contributed by atoms with Gasteiger partial charge in [0.15, 0.2) is 0 Å². The summed E-state index contributed by atoms with van der Waals surface area (Å²) in [5.74, 6) is 0.580. The molecule has 0 aromatic heterocycles. The summed E-state index contributed by atoms with van der Waals surface area (Å²) in [6.45, 7) is 0. The van der Waals surface area contributed by atoms with E-state index in [9.17, 15) is 4.79 Å². The van der Waals surface area contributed by atoms with Crippen LogP contribution in [0.25, 0.3) is 0 Å². The molecule has 0 spiro atoms. The zero-order valence-corrected chi connectivity index (χ0v) is 13.3. The van der Waals surface area contributed by atoms with Crippen LogP contribution in [0.5, 0.6) is 0 Å². The van der Waals surface area contributed by atoms with E-state index in [1.54, 1.807) is 0 Å². The summed E-state index contributed by atoms with van der Waals surface area (Å²) in [6.07, 6.45) is 3.95. The van der Waals surface area contributed by atoms with Gasteiger partial charge in [0.1, 0.15) is 0 Å². The molecule has 1 aliphatic rings. The molecule has 1 amide bonds. The van der Waals surface area contributed by atoms with Crippen LogP contribution in [0.1, 0.15) is 48.9 Å². The average Bonchev–Trinajstić information content (AvgIpc) is 2.54. The van der Waals surface area contributed by atoms with Gasteiger partial charge in [0.2, 0.25) is 5.91 Å². The van der Waals surface area contributed by atoms with E-state index in [0.29, 0.717) is 12.3 Å². The zero-order valence-electron chi connectivity index (χ0n) is 13.3. The Morgan fingerprint density at radius 3 is 2.09 bits per heavy atom. The predicted octanol–water partition coefficient (Wildman–Crippen LogP) is 3.73. The Kier molecular flexibility index (Phi) is 5.09. The molecule has 3 rings (SSSR count). The minimum absolute atomic E-state index is 0.0297. The maximum absolute atomic E-state index is 12.5. The molecule has 3 N–H and O–H groups in total. The molecule has 0 radical (unpaired) electrons. The van der Waals surface area contributed by atoms with Crippen molar-refractivity contribution in [1.82, 2.24) is 5.32 Å². The van der Waals surface area contributed by atoms with E-state index in [-0.39, 0.29) is 18.0 Å². The van der Waals surface area contributed by atoms with Gasteiger partial charge in [0.25, 0.3) is 0 Å². The summed E-state index contributed by atoms with van der Waals surface area (Å²) in [5.41, 5.74) is 8.37. The molecule has 0 bridgehead atoms. The van der Waals surface area contributed by atoms with Crippen LogP contribution in [0.4, 0.5) is 0 Å². The van der Waals surface area contributed by atoms with Gasteiger partial charge in [-0.25, -0.2) is 0 Å². The number of carbonyl (C=O) groups is 1. The Labute approximate surface area is 137 Å². The van der Waals surface area contributed by atoms with Crippen molar-refractivity contribution in [2.75, 3.05) is 0 Å². The second-order valence-corrected chi connectivity index (χ2v) is 6.37. The van der Waals surface area contributed by atoms with E-state index < -0.39 is 0 Å². The van der Waals surface area contributed by atoms with Crippen LogP contribution in [0.2, 0.25) is 0 Å². The van der Waals surface area contributed by atoms with E-state index in [1.807, 2.05) is 48.5 Å². The van der Waals surface area contributed by atoms with Crippen molar-refractivity contribution < 1.29 is 4.79 Å². The number of nitrogens with one attached hydrogen (secondary N) is 1. The summed E-state index contributed by atoms with van der Waals surface area (Å²) in [4.78, 5) is 12.5.